The van der Waals surface area contributed by atoms with E-state index in [9.17, 15) is 9.59 Å². The summed E-state index contributed by atoms with van der Waals surface area (Å²) < 4.78 is 0. The van der Waals surface area contributed by atoms with E-state index in [1.54, 1.807) is 5.38 Å². The Morgan fingerprint density at radius 1 is 1.37 bits per heavy atom. The molecule has 1 aromatic heterocycles. The Morgan fingerprint density at radius 3 is 2.79 bits per heavy atom. The lowest BCUT2D eigenvalue weighted by Gasteiger charge is -2.22. The molecule has 0 spiro atoms. The first-order valence-corrected chi connectivity index (χ1v) is 7.25. The molecule has 1 aliphatic rings. The van der Waals surface area contributed by atoms with Gasteiger partial charge in [0.1, 0.15) is 0 Å². The van der Waals surface area contributed by atoms with Crippen molar-refractivity contribution in [1.29, 1.82) is 0 Å². The van der Waals surface area contributed by atoms with Crippen molar-refractivity contribution < 1.29 is 14.7 Å². The molecule has 0 saturated heterocycles. The molecule has 1 heterocycles. The van der Waals surface area contributed by atoms with Gasteiger partial charge in [-0.1, -0.05) is 19.3 Å². The van der Waals surface area contributed by atoms with Crippen LogP contribution in [0.25, 0.3) is 0 Å². The van der Waals surface area contributed by atoms with Gasteiger partial charge in [0.05, 0.1) is 12.1 Å². The van der Waals surface area contributed by atoms with E-state index >= 15 is 0 Å². The number of thiazole rings is 1. The van der Waals surface area contributed by atoms with Gasteiger partial charge in [-0.15, -0.1) is 11.3 Å². The Morgan fingerprint density at radius 2 is 2.11 bits per heavy atom. The zero-order valence-electron chi connectivity index (χ0n) is 10.5. The molecule has 0 atom stereocenters. The number of carbonyl (C=O) groups is 2. The van der Waals surface area contributed by atoms with Crippen LogP contribution < -0.4 is 10.6 Å². The van der Waals surface area contributed by atoms with Crippen molar-refractivity contribution in [2.45, 2.75) is 44.6 Å². The number of amides is 2. The van der Waals surface area contributed by atoms with Gasteiger partial charge in [0, 0.05) is 11.4 Å². The normalized spacial score (nSPS) is 16.0. The van der Waals surface area contributed by atoms with Crippen LogP contribution in [0.4, 0.5) is 9.93 Å². The highest BCUT2D eigenvalue weighted by Gasteiger charge is 2.16. The Kier molecular flexibility index (Phi) is 4.73. The molecule has 1 aromatic rings. The molecule has 0 aliphatic heterocycles. The maximum atomic E-state index is 11.7. The van der Waals surface area contributed by atoms with E-state index in [0.717, 1.165) is 25.7 Å². The second kappa shape index (κ2) is 6.51. The third-order valence-electron chi connectivity index (χ3n) is 3.04. The fourth-order valence-corrected chi connectivity index (χ4v) is 2.87. The Balaban J connectivity index is 1.81. The van der Waals surface area contributed by atoms with Crippen LogP contribution in [0.2, 0.25) is 0 Å². The van der Waals surface area contributed by atoms with Crippen LogP contribution in [0.15, 0.2) is 5.38 Å². The smallest absolute Gasteiger partial charge is 0.321 e. The number of aliphatic carboxylic acids is 1. The number of carbonyl (C=O) groups excluding carboxylic acids is 1. The minimum absolute atomic E-state index is 0.123. The number of nitrogens with zero attached hydrogens (tertiary/aromatic N) is 1. The summed E-state index contributed by atoms with van der Waals surface area (Å²) in [7, 11) is 0. The van der Waals surface area contributed by atoms with Gasteiger partial charge in [0.25, 0.3) is 0 Å². The van der Waals surface area contributed by atoms with Gasteiger partial charge in [0.2, 0.25) is 0 Å². The lowest BCUT2D eigenvalue weighted by molar-refractivity contribution is -0.136. The van der Waals surface area contributed by atoms with Gasteiger partial charge in [-0.25, -0.2) is 9.78 Å². The number of hydrogen-bond donors (Lipinski definition) is 3. The quantitative estimate of drug-likeness (QED) is 0.790. The van der Waals surface area contributed by atoms with Crippen LogP contribution >= 0.6 is 11.3 Å². The van der Waals surface area contributed by atoms with Gasteiger partial charge >= 0.3 is 12.0 Å². The average Bonchev–Trinajstić information content (AvgIpc) is 2.76. The van der Waals surface area contributed by atoms with Crippen LogP contribution in [0.5, 0.6) is 0 Å². The molecule has 3 N–H and O–H groups in total. The zero-order chi connectivity index (χ0) is 13.7. The van der Waals surface area contributed by atoms with Crippen molar-refractivity contribution in [3.63, 3.8) is 0 Å². The highest BCUT2D eigenvalue weighted by atomic mass is 32.1. The third-order valence-corrected chi connectivity index (χ3v) is 3.85. The minimum atomic E-state index is -0.927. The monoisotopic (exact) mass is 283 g/mol. The van der Waals surface area contributed by atoms with Gasteiger partial charge < -0.3 is 10.4 Å². The predicted molar refractivity (Wildman–Crippen MR) is 72.5 cm³/mol. The first-order valence-electron chi connectivity index (χ1n) is 6.37. The lowest BCUT2D eigenvalue weighted by Crippen LogP contribution is -2.39. The second-order valence-corrected chi connectivity index (χ2v) is 5.51. The van der Waals surface area contributed by atoms with Crippen molar-refractivity contribution in [3.05, 3.63) is 11.1 Å². The van der Waals surface area contributed by atoms with E-state index in [1.807, 2.05) is 0 Å². The molecule has 1 saturated carbocycles. The minimum Gasteiger partial charge on any atom is -0.481 e. The Hall–Kier alpha value is -1.63. The van der Waals surface area contributed by atoms with Crippen molar-refractivity contribution in [2.75, 3.05) is 5.32 Å². The van der Waals surface area contributed by atoms with Gasteiger partial charge in [-0.2, -0.15) is 0 Å². The maximum Gasteiger partial charge on any atom is 0.321 e. The number of nitrogens with one attached hydrogen (secondary N) is 2. The van der Waals surface area contributed by atoms with E-state index in [2.05, 4.69) is 15.6 Å². The number of urea groups is 1. The lowest BCUT2D eigenvalue weighted by atomic mass is 9.96. The molecule has 0 radical (unpaired) electrons. The Labute approximate surface area is 115 Å². The van der Waals surface area contributed by atoms with Crippen molar-refractivity contribution in [2.24, 2.45) is 0 Å². The molecule has 0 unspecified atom stereocenters. The van der Waals surface area contributed by atoms with Crippen LogP contribution in [0.1, 0.15) is 37.8 Å². The van der Waals surface area contributed by atoms with E-state index in [1.165, 1.54) is 17.8 Å². The van der Waals surface area contributed by atoms with Crippen molar-refractivity contribution in [1.82, 2.24) is 10.3 Å². The van der Waals surface area contributed by atoms with Crippen LogP contribution in [-0.2, 0) is 11.2 Å². The number of aromatic nitrogens is 1. The van der Waals surface area contributed by atoms with E-state index in [-0.39, 0.29) is 18.5 Å². The number of carboxylic acids is 1. The molecule has 0 aromatic carbocycles. The van der Waals surface area contributed by atoms with E-state index < -0.39 is 5.97 Å². The highest BCUT2D eigenvalue weighted by molar-refractivity contribution is 7.13. The molecule has 1 fully saturated rings. The summed E-state index contributed by atoms with van der Waals surface area (Å²) in [6, 6.07) is -0.0182. The molecule has 1 aliphatic carbocycles. The third kappa shape index (κ3) is 4.51. The molecule has 104 valence electrons. The van der Waals surface area contributed by atoms with Gasteiger partial charge in [-0.05, 0) is 12.8 Å². The van der Waals surface area contributed by atoms with Gasteiger partial charge in [-0.3, -0.25) is 10.1 Å². The highest BCUT2D eigenvalue weighted by Crippen LogP contribution is 2.18. The summed E-state index contributed by atoms with van der Waals surface area (Å²) >= 11 is 1.24. The van der Waals surface area contributed by atoms with Gasteiger partial charge in [0.15, 0.2) is 5.13 Å². The maximum absolute atomic E-state index is 11.7. The summed E-state index contributed by atoms with van der Waals surface area (Å²) in [6.07, 6.45) is 5.48. The number of rotatable bonds is 4. The van der Waals surface area contributed by atoms with E-state index in [0.29, 0.717) is 10.8 Å². The molecule has 19 heavy (non-hydrogen) atoms. The first kappa shape index (κ1) is 13.8. The largest absolute Gasteiger partial charge is 0.481 e. The summed E-state index contributed by atoms with van der Waals surface area (Å²) in [6.45, 7) is 0. The standard InChI is InChI=1S/C12H17N3O3S/c16-10(17)6-9-7-19-12(14-9)15-11(18)13-8-4-2-1-3-5-8/h7-8H,1-6H2,(H,16,17)(H2,13,14,15,18). The molecular weight excluding hydrogens is 266 g/mol. The van der Waals surface area contributed by atoms with Crippen molar-refractivity contribution >= 4 is 28.5 Å². The molecule has 6 nitrogen and oxygen atoms in total. The summed E-state index contributed by atoms with van der Waals surface area (Å²) in [5.74, 6) is -0.927. The summed E-state index contributed by atoms with van der Waals surface area (Å²) in [5.41, 5.74) is 0.463. The summed E-state index contributed by atoms with van der Waals surface area (Å²) in [5, 5.41) is 16.3. The van der Waals surface area contributed by atoms with Crippen LogP contribution in [0.3, 0.4) is 0 Å². The number of carboxylic acid groups (broad SMARTS) is 1. The van der Waals surface area contributed by atoms with Crippen molar-refractivity contribution in [3.8, 4) is 0 Å². The SMILES string of the molecule is O=C(O)Cc1csc(NC(=O)NC2CCCCC2)n1. The molecule has 2 amide bonds. The molecule has 7 heteroatoms. The summed E-state index contributed by atoms with van der Waals surface area (Å²) in [4.78, 5) is 26.3. The molecule has 0 bridgehead atoms. The fourth-order valence-electron chi connectivity index (χ4n) is 2.17. The zero-order valence-corrected chi connectivity index (χ0v) is 11.3. The van der Waals surface area contributed by atoms with Crippen LogP contribution in [-0.4, -0.2) is 28.1 Å². The first-order chi connectivity index (χ1) is 9.13. The number of hydrogen-bond acceptors (Lipinski definition) is 4. The Bertz CT molecular complexity index is 455. The fraction of sp³-hybridized carbons (Fsp3) is 0.583. The predicted octanol–water partition coefficient (Wildman–Crippen LogP) is 2.22. The average molecular weight is 283 g/mol. The second-order valence-electron chi connectivity index (χ2n) is 4.65. The van der Waals surface area contributed by atoms with E-state index in [4.69, 9.17) is 5.11 Å². The molecule has 2 rings (SSSR count). The molecular formula is C12H17N3O3S. The number of anilines is 1. The topological polar surface area (TPSA) is 91.3 Å². The van der Waals surface area contributed by atoms with Crippen LogP contribution in [0, 0.1) is 0 Å².